The van der Waals surface area contributed by atoms with Crippen molar-refractivity contribution in [1.82, 2.24) is 9.78 Å². The van der Waals surface area contributed by atoms with Crippen LogP contribution in [0.3, 0.4) is 0 Å². The molecule has 2 heterocycles. The number of alkyl halides is 2. The number of aromatic nitrogens is 2. The van der Waals surface area contributed by atoms with E-state index < -0.39 is 11.5 Å². The Balaban J connectivity index is 1.73. The Hall–Kier alpha value is -1.01. The fraction of sp³-hybridized carbons (Fsp3) is 0.786. The molecule has 1 aromatic rings. The van der Waals surface area contributed by atoms with Crippen LogP contribution in [0.2, 0.25) is 0 Å². The standard InChI is InChI=1S/C14H20F2N2O2/c15-14(16)6-4-13(19,5-7-14)11-9-17-18(10-11)12-3-1-2-8-20-12/h9-10,12,19H,1-8H2. The lowest BCUT2D eigenvalue weighted by Gasteiger charge is -2.35. The zero-order valence-electron chi connectivity index (χ0n) is 11.4. The van der Waals surface area contributed by atoms with Gasteiger partial charge in [-0.3, -0.25) is 0 Å². The number of aliphatic hydroxyl groups is 1. The highest BCUT2D eigenvalue weighted by Gasteiger charge is 2.43. The highest BCUT2D eigenvalue weighted by atomic mass is 19.3. The maximum atomic E-state index is 13.2. The number of hydrogen-bond donors (Lipinski definition) is 1. The fourth-order valence-electron chi connectivity index (χ4n) is 2.99. The lowest BCUT2D eigenvalue weighted by atomic mass is 9.79. The summed E-state index contributed by atoms with van der Waals surface area (Å²) in [6, 6.07) is 0. The van der Waals surface area contributed by atoms with E-state index >= 15 is 0 Å². The van der Waals surface area contributed by atoms with Crippen LogP contribution in [0.15, 0.2) is 12.4 Å². The maximum absolute atomic E-state index is 13.2. The highest BCUT2D eigenvalue weighted by molar-refractivity contribution is 5.17. The molecule has 6 heteroatoms. The summed E-state index contributed by atoms with van der Waals surface area (Å²) in [7, 11) is 0. The van der Waals surface area contributed by atoms with Gasteiger partial charge >= 0.3 is 0 Å². The van der Waals surface area contributed by atoms with E-state index in [1.165, 1.54) is 0 Å². The minimum absolute atomic E-state index is 0.0806. The van der Waals surface area contributed by atoms with Gasteiger partial charge in [-0.05, 0) is 32.1 Å². The second-order valence-electron chi connectivity index (χ2n) is 5.92. The summed E-state index contributed by atoms with van der Waals surface area (Å²) >= 11 is 0. The number of hydrogen-bond acceptors (Lipinski definition) is 3. The first kappa shape index (κ1) is 13.9. The number of nitrogens with zero attached hydrogens (tertiary/aromatic N) is 2. The van der Waals surface area contributed by atoms with Crippen molar-refractivity contribution in [3.8, 4) is 0 Å². The zero-order chi connectivity index (χ0) is 14.2. The van der Waals surface area contributed by atoms with E-state index in [1.807, 2.05) is 0 Å². The molecule has 2 fully saturated rings. The van der Waals surface area contributed by atoms with Crippen LogP contribution < -0.4 is 0 Å². The minimum Gasteiger partial charge on any atom is -0.385 e. The van der Waals surface area contributed by atoms with Crippen molar-refractivity contribution in [3.63, 3.8) is 0 Å². The molecular weight excluding hydrogens is 266 g/mol. The predicted molar refractivity (Wildman–Crippen MR) is 68.4 cm³/mol. The molecule has 4 nitrogen and oxygen atoms in total. The van der Waals surface area contributed by atoms with Crippen molar-refractivity contribution in [3.05, 3.63) is 18.0 Å². The average Bonchev–Trinajstić information content (AvgIpc) is 2.94. The van der Waals surface area contributed by atoms with E-state index in [9.17, 15) is 13.9 Å². The summed E-state index contributed by atoms with van der Waals surface area (Å²) in [5.74, 6) is -2.64. The van der Waals surface area contributed by atoms with Gasteiger partial charge in [0.15, 0.2) is 0 Å². The largest absolute Gasteiger partial charge is 0.385 e. The molecule has 1 aromatic heterocycles. The topological polar surface area (TPSA) is 47.3 Å². The predicted octanol–water partition coefficient (Wildman–Crippen LogP) is 2.98. The third-order valence-corrected chi connectivity index (χ3v) is 4.40. The quantitative estimate of drug-likeness (QED) is 0.909. The van der Waals surface area contributed by atoms with E-state index in [4.69, 9.17) is 4.74 Å². The Morgan fingerprint density at radius 1 is 1.25 bits per heavy atom. The monoisotopic (exact) mass is 286 g/mol. The van der Waals surface area contributed by atoms with Crippen LogP contribution >= 0.6 is 0 Å². The zero-order valence-corrected chi connectivity index (χ0v) is 11.4. The number of halogens is 2. The molecule has 1 saturated heterocycles. The van der Waals surface area contributed by atoms with Crippen molar-refractivity contribution in [2.24, 2.45) is 0 Å². The molecule has 0 spiro atoms. The Labute approximate surface area is 116 Å². The second-order valence-corrected chi connectivity index (χ2v) is 5.92. The van der Waals surface area contributed by atoms with Crippen molar-refractivity contribution in [1.29, 1.82) is 0 Å². The summed E-state index contributed by atoms with van der Waals surface area (Å²) in [6.07, 6.45) is 5.92. The normalized spacial score (nSPS) is 29.2. The lowest BCUT2D eigenvalue weighted by molar-refractivity contribution is -0.107. The molecule has 1 saturated carbocycles. The van der Waals surface area contributed by atoms with E-state index in [0.29, 0.717) is 5.56 Å². The van der Waals surface area contributed by atoms with Gasteiger partial charge in [-0.25, -0.2) is 13.5 Å². The fourth-order valence-corrected chi connectivity index (χ4v) is 2.99. The van der Waals surface area contributed by atoms with Gasteiger partial charge in [0.25, 0.3) is 0 Å². The first-order valence-corrected chi connectivity index (χ1v) is 7.25. The van der Waals surface area contributed by atoms with Crippen molar-refractivity contribution in [2.75, 3.05) is 6.61 Å². The second kappa shape index (κ2) is 5.07. The van der Waals surface area contributed by atoms with Gasteiger partial charge in [-0.1, -0.05) is 0 Å². The summed E-state index contributed by atoms with van der Waals surface area (Å²) in [4.78, 5) is 0. The van der Waals surface area contributed by atoms with Crippen molar-refractivity contribution >= 4 is 0 Å². The Morgan fingerprint density at radius 2 is 2.00 bits per heavy atom. The molecule has 20 heavy (non-hydrogen) atoms. The maximum Gasteiger partial charge on any atom is 0.248 e. The molecule has 2 aliphatic rings. The first-order chi connectivity index (χ1) is 9.49. The minimum atomic E-state index is -2.64. The molecule has 1 atom stereocenters. The number of ether oxygens (including phenoxy) is 1. The summed E-state index contributed by atoms with van der Waals surface area (Å²) in [6.45, 7) is 0.719. The third kappa shape index (κ3) is 2.72. The molecule has 0 radical (unpaired) electrons. The van der Waals surface area contributed by atoms with Gasteiger partial charge in [0.2, 0.25) is 5.92 Å². The van der Waals surface area contributed by atoms with E-state index in [2.05, 4.69) is 5.10 Å². The summed E-state index contributed by atoms with van der Waals surface area (Å²) in [5, 5.41) is 14.8. The van der Waals surface area contributed by atoms with Crippen LogP contribution in [-0.4, -0.2) is 27.4 Å². The van der Waals surface area contributed by atoms with Gasteiger partial charge in [-0.15, -0.1) is 0 Å². The molecular formula is C14H20F2N2O2. The average molecular weight is 286 g/mol. The van der Waals surface area contributed by atoms with Crippen LogP contribution in [0.4, 0.5) is 8.78 Å². The molecule has 0 bridgehead atoms. The number of rotatable bonds is 2. The molecule has 1 aliphatic carbocycles. The molecule has 0 amide bonds. The van der Waals surface area contributed by atoms with Crippen LogP contribution in [0.25, 0.3) is 0 Å². The molecule has 112 valence electrons. The molecule has 3 rings (SSSR count). The van der Waals surface area contributed by atoms with Crippen molar-refractivity contribution in [2.45, 2.75) is 62.7 Å². The molecule has 0 aromatic carbocycles. The molecule has 1 aliphatic heterocycles. The van der Waals surface area contributed by atoms with Crippen LogP contribution in [0.5, 0.6) is 0 Å². The van der Waals surface area contributed by atoms with Gasteiger partial charge in [0.1, 0.15) is 6.23 Å². The van der Waals surface area contributed by atoms with E-state index in [1.54, 1.807) is 17.1 Å². The SMILES string of the molecule is OC1(c2cnn(C3CCCCO3)c2)CCC(F)(F)CC1. The summed E-state index contributed by atoms with van der Waals surface area (Å²) in [5.41, 5.74) is -0.545. The Morgan fingerprint density at radius 3 is 2.65 bits per heavy atom. The van der Waals surface area contributed by atoms with E-state index in [-0.39, 0.29) is 31.9 Å². The first-order valence-electron chi connectivity index (χ1n) is 7.25. The van der Waals surface area contributed by atoms with Gasteiger partial charge < -0.3 is 9.84 Å². The van der Waals surface area contributed by atoms with Crippen LogP contribution in [0, 0.1) is 0 Å². The van der Waals surface area contributed by atoms with E-state index in [0.717, 1.165) is 25.9 Å². The Kier molecular flexibility index (Phi) is 3.54. The summed E-state index contributed by atoms with van der Waals surface area (Å²) < 4.78 is 33.8. The van der Waals surface area contributed by atoms with Crippen LogP contribution in [0.1, 0.15) is 56.7 Å². The lowest BCUT2D eigenvalue weighted by Crippen LogP contribution is -2.36. The third-order valence-electron chi connectivity index (χ3n) is 4.40. The van der Waals surface area contributed by atoms with Gasteiger partial charge in [0, 0.05) is 31.2 Å². The highest BCUT2D eigenvalue weighted by Crippen LogP contribution is 2.43. The molecule has 1 unspecified atom stereocenters. The van der Waals surface area contributed by atoms with Gasteiger partial charge in [-0.2, -0.15) is 5.10 Å². The van der Waals surface area contributed by atoms with Crippen LogP contribution in [-0.2, 0) is 10.3 Å². The van der Waals surface area contributed by atoms with Gasteiger partial charge in [0.05, 0.1) is 11.8 Å². The smallest absolute Gasteiger partial charge is 0.248 e. The Bertz CT molecular complexity index is 459. The molecule has 1 N–H and O–H groups in total. The van der Waals surface area contributed by atoms with Crippen molar-refractivity contribution < 1.29 is 18.6 Å².